The van der Waals surface area contributed by atoms with Gasteiger partial charge in [0.25, 0.3) is 0 Å². The molecule has 1 saturated heterocycles. The van der Waals surface area contributed by atoms with Crippen molar-refractivity contribution in [2.24, 2.45) is 0 Å². The Kier molecular flexibility index (Phi) is 4.89. The molecule has 7 heteroatoms. The van der Waals surface area contributed by atoms with Crippen LogP contribution in [0.1, 0.15) is 23.1 Å². The van der Waals surface area contributed by atoms with Gasteiger partial charge >= 0.3 is 0 Å². The lowest BCUT2D eigenvalue weighted by Crippen LogP contribution is -2.24. The summed E-state index contributed by atoms with van der Waals surface area (Å²) in [7, 11) is 0. The van der Waals surface area contributed by atoms with Crippen LogP contribution in [-0.4, -0.2) is 43.6 Å². The van der Waals surface area contributed by atoms with E-state index in [2.05, 4.69) is 46.4 Å². The summed E-state index contributed by atoms with van der Waals surface area (Å²) in [5, 5.41) is 19.4. The maximum Gasteiger partial charge on any atom is 0.162 e. The van der Waals surface area contributed by atoms with E-state index in [0.29, 0.717) is 6.42 Å². The molecule has 0 amide bonds. The second-order valence-corrected chi connectivity index (χ2v) is 8.39. The second-order valence-electron chi connectivity index (χ2n) is 7.23. The molecule has 1 aliphatic rings. The molecule has 6 nitrogen and oxygen atoms in total. The Morgan fingerprint density at radius 3 is 2.76 bits per heavy atom. The van der Waals surface area contributed by atoms with Crippen LogP contribution >= 0.6 is 11.3 Å². The lowest BCUT2D eigenvalue weighted by Gasteiger charge is -2.13. The Hall–Kier alpha value is -2.58. The molecule has 0 unspecified atom stereocenters. The van der Waals surface area contributed by atoms with Gasteiger partial charge in [-0.05, 0) is 23.8 Å². The molecule has 4 heterocycles. The van der Waals surface area contributed by atoms with Crippen LogP contribution in [0.3, 0.4) is 0 Å². The summed E-state index contributed by atoms with van der Waals surface area (Å²) in [6.07, 6.45) is 3.15. The van der Waals surface area contributed by atoms with E-state index in [1.807, 2.05) is 16.7 Å². The minimum atomic E-state index is -0.691. The number of benzene rings is 1. The van der Waals surface area contributed by atoms with Crippen molar-refractivity contribution in [3.63, 3.8) is 0 Å². The largest absolute Gasteiger partial charge is 0.394 e. The van der Waals surface area contributed by atoms with Gasteiger partial charge in [0.2, 0.25) is 0 Å². The Labute approximate surface area is 172 Å². The number of nitrogens with zero attached hydrogens (tertiary/aromatic N) is 3. The molecule has 3 aromatic heterocycles. The molecule has 1 aliphatic heterocycles. The van der Waals surface area contributed by atoms with E-state index in [0.717, 1.165) is 28.0 Å². The first-order chi connectivity index (χ1) is 14.2. The fourth-order valence-electron chi connectivity index (χ4n) is 3.81. The van der Waals surface area contributed by atoms with Crippen LogP contribution in [0, 0.1) is 0 Å². The van der Waals surface area contributed by atoms with E-state index in [1.54, 1.807) is 23.9 Å². The van der Waals surface area contributed by atoms with Gasteiger partial charge in [-0.15, -0.1) is 11.3 Å². The summed E-state index contributed by atoms with van der Waals surface area (Å²) in [5.74, 6) is 0. The van der Waals surface area contributed by atoms with Gasteiger partial charge in [0.15, 0.2) is 5.65 Å². The maximum absolute atomic E-state index is 10.0. The number of ether oxygens (including phenoxy) is 1. The number of pyridine rings is 1. The number of hydrogen-bond acceptors (Lipinski definition) is 6. The standard InChI is InChI=1S/C22H21N3O3S/c26-12-18-17(27)11-20(28-18)25-13-24-21-16(8-9-23-22(21)25)19-7-6-15(29-19)10-14-4-2-1-3-5-14/h1-9,13,17-18,20,26-27H,10-12H2/t17-,18+,20+/m0/s1. The van der Waals surface area contributed by atoms with E-state index >= 15 is 0 Å². The van der Waals surface area contributed by atoms with Gasteiger partial charge in [-0.3, -0.25) is 4.57 Å². The lowest BCUT2D eigenvalue weighted by atomic mass is 10.1. The first kappa shape index (κ1) is 18.4. The van der Waals surface area contributed by atoms with Crippen molar-refractivity contribution in [1.82, 2.24) is 14.5 Å². The molecule has 1 fully saturated rings. The van der Waals surface area contributed by atoms with Crippen LogP contribution in [0.15, 0.2) is 61.1 Å². The lowest BCUT2D eigenvalue weighted by molar-refractivity contribution is -0.0432. The highest BCUT2D eigenvalue weighted by Gasteiger charge is 2.35. The molecule has 0 radical (unpaired) electrons. The number of aliphatic hydroxyl groups is 2. The third-order valence-electron chi connectivity index (χ3n) is 5.30. The van der Waals surface area contributed by atoms with Crippen molar-refractivity contribution in [3.05, 3.63) is 71.5 Å². The van der Waals surface area contributed by atoms with E-state index in [-0.39, 0.29) is 12.8 Å². The van der Waals surface area contributed by atoms with Crippen LogP contribution in [0.2, 0.25) is 0 Å². The number of aromatic nitrogens is 3. The van der Waals surface area contributed by atoms with Crippen LogP contribution in [0.5, 0.6) is 0 Å². The third-order valence-corrected chi connectivity index (χ3v) is 6.42. The number of thiophene rings is 1. The molecule has 1 aromatic carbocycles. The van der Waals surface area contributed by atoms with E-state index in [4.69, 9.17) is 4.74 Å². The van der Waals surface area contributed by atoms with Crippen LogP contribution in [0.25, 0.3) is 21.6 Å². The average Bonchev–Trinajstić information content (AvgIpc) is 3.46. The summed E-state index contributed by atoms with van der Waals surface area (Å²) in [6.45, 7) is -0.206. The summed E-state index contributed by atoms with van der Waals surface area (Å²) in [5.41, 5.74) is 3.86. The summed E-state index contributed by atoms with van der Waals surface area (Å²) >= 11 is 1.76. The third kappa shape index (κ3) is 3.47. The van der Waals surface area contributed by atoms with Gasteiger partial charge in [0.1, 0.15) is 17.8 Å². The van der Waals surface area contributed by atoms with Gasteiger partial charge < -0.3 is 14.9 Å². The van der Waals surface area contributed by atoms with Gasteiger partial charge in [0.05, 0.1) is 19.0 Å². The molecule has 5 rings (SSSR count). The topological polar surface area (TPSA) is 80.4 Å². The highest BCUT2D eigenvalue weighted by Crippen LogP contribution is 2.36. The number of fused-ring (bicyclic) bond motifs is 1. The van der Waals surface area contributed by atoms with E-state index in [1.165, 1.54) is 10.4 Å². The molecule has 3 atom stereocenters. The first-order valence-electron chi connectivity index (χ1n) is 9.62. The van der Waals surface area contributed by atoms with Gasteiger partial charge in [0, 0.05) is 34.4 Å². The van der Waals surface area contributed by atoms with Gasteiger partial charge in [-0.2, -0.15) is 0 Å². The van der Waals surface area contributed by atoms with E-state index < -0.39 is 12.2 Å². The van der Waals surface area contributed by atoms with Crippen molar-refractivity contribution in [3.8, 4) is 10.4 Å². The predicted octanol–water partition coefficient (Wildman–Crippen LogP) is 3.39. The fourth-order valence-corrected chi connectivity index (χ4v) is 4.88. The molecule has 0 aliphatic carbocycles. The zero-order chi connectivity index (χ0) is 19.8. The SMILES string of the molecule is OC[C@H]1O[C@@H](n2cnc3c(-c4ccc(Cc5ccccc5)s4)ccnc32)C[C@@H]1O. The molecule has 4 aromatic rings. The maximum atomic E-state index is 10.0. The smallest absolute Gasteiger partial charge is 0.162 e. The van der Waals surface area contributed by atoms with Crippen LogP contribution in [0.4, 0.5) is 0 Å². The minimum Gasteiger partial charge on any atom is -0.394 e. The molecule has 29 heavy (non-hydrogen) atoms. The van der Waals surface area contributed by atoms with Gasteiger partial charge in [-0.1, -0.05) is 30.3 Å². The first-order valence-corrected chi connectivity index (χ1v) is 10.4. The normalized spacial score (nSPS) is 21.8. The molecule has 0 spiro atoms. The average molecular weight is 407 g/mol. The van der Waals surface area contributed by atoms with Crippen molar-refractivity contribution in [1.29, 1.82) is 0 Å². The quantitative estimate of drug-likeness (QED) is 0.530. The molecule has 2 N–H and O–H groups in total. The van der Waals surface area contributed by atoms with Crippen LogP contribution < -0.4 is 0 Å². The van der Waals surface area contributed by atoms with Crippen molar-refractivity contribution in [2.45, 2.75) is 31.3 Å². The molecule has 0 bridgehead atoms. The molecule has 148 valence electrons. The monoisotopic (exact) mass is 407 g/mol. The Balaban J connectivity index is 1.46. The van der Waals surface area contributed by atoms with Crippen molar-refractivity contribution < 1.29 is 14.9 Å². The molecular weight excluding hydrogens is 386 g/mol. The summed E-state index contributed by atoms with van der Waals surface area (Å²) in [4.78, 5) is 11.5. The fraction of sp³-hybridized carbons (Fsp3) is 0.273. The highest BCUT2D eigenvalue weighted by molar-refractivity contribution is 7.15. The zero-order valence-electron chi connectivity index (χ0n) is 15.7. The second kappa shape index (κ2) is 7.68. The van der Waals surface area contributed by atoms with Crippen molar-refractivity contribution >= 4 is 22.5 Å². The summed E-state index contributed by atoms with van der Waals surface area (Å²) in [6, 6.07) is 16.7. The Morgan fingerprint density at radius 2 is 1.97 bits per heavy atom. The number of aliphatic hydroxyl groups excluding tert-OH is 2. The number of hydrogen-bond donors (Lipinski definition) is 2. The Morgan fingerprint density at radius 1 is 1.10 bits per heavy atom. The summed E-state index contributed by atoms with van der Waals surface area (Å²) < 4.78 is 7.62. The number of rotatable bonds is 5. The van der Waals surface area contributed by atoms with Crippen LogP contribution in [-0.2, 0) is 11.2 Å². The minimum absolute atomic E-state index is 0.206. The zero-order valence-corrected chi connectivity index (χ0v) is 16.5. The predicted molar refractivity (Wildman–Crippen MR) is 112 cm³/mol. The van der Waals surface area contributed by atoms with Gasteiger partial charge in [-0.25, -0.2) is 9.97 Å². The van der Waals surface area contributed by atoms with E-state index in [9.17, 15) is 10.2 Å². The highest BCUT2D eigenvalue weighted by atomic mass is 32.1. The number of imidazole rings is 1. The molecule has 0 saturated carbocycles. The Bertz CT molecular complexity index is 1120. The molecular formula is C22H21N3O3S. The van der Waals surface area contributed by atoms with Crippen molar-refractivity contribution in [2.75, 3.05) is 6.61 Å².